The topological polar surface area (TPSA) is 55.6 Å². The van der Waals surface area contributed by atoms with Crippen LogP contribution in [0.2, 0.25) is 0 Å². The summed E-state index contributed by atoms with van der Waals surface area (Å²) in [5.74, 6) is 0. The summed E-state index contributed by atoms with van der Waals surface area (Å²) in [6.45, 7) is 2.10. The van der Waals surface area contributed by atoms with Gasteiger partial charge in [0.25, 0.3) is 0 Å². The lowest BCUT2D eigenvalue weighted by atomic mass is 10.1. The first-order chi connectivity index (χ1) is 8.24. The van der Waals surface area contributed by atoms with Crippen LogP contribution in [0.3, 0.4) is 0 Å². The monoisotopic (exact) mass is 251 g/mol. The molecule has 0 radical (unpaired) electrons. The van der Waals surface area contributed by atoms with Gasteiger partial charge in [0, 0.05) is 19.7 Å². The maximum Gasteiger partial charge on any atom is 0.0801 e. The first-order valence-electron chi connectivity index (χ1n) is 5.71. The SMILES string of the molecule is CCc1nnsc1C(Cc1ccn(C)n1)NC. The van der Waals surface area contributed by atoms with Gasteiger partial charge >= 0.3 is 0 Å². The van der Waals surface area contributed by atoms with Crippen molar-refractivity contribution in [3.05, 3.63) is 28.5 Å². The summed E-state index contributed by atoms with van der Waals surface area (Å²) in [4.78, 5) is 1.22. The number of aromatic nitrogens is 4. The van der Waals surface area contributed by atoms with E-state index in [2.05, 4.69) is 26.9 Å². The van der Waals surface area contributed by atoms with Gasteiger partial charge in [-0.05, 0) is 31.1 Å². The van der Waals surface area contributed by atoms with Gasteiger partial charge in [-0.1, -0.05) is 11.4 Å². The molecule has 0 fully saturated rings. The zero-order chi connectivity index (χ0) is 12.3. The average molecular weight is 251 g/mol. The summed E-state index contributed by atoms with van der Waals surface area (Å²) in [6, 6.07) is 2.30. The van der Waals surface area contributed by atoms with Gasteiger partial charge in [0.2, 0.25) is 0 Å². The fourth-order valence-electron chi connectivity index (χ4n) is 1.83. The van der Waals surface area contributed by atoms with Crippen molar-refractivity contribution in [3.8, 4) is 0 Å². The number of nitrogens with one attached hydrogen (secondary N) is 1. The van der Waals surface area contributed by atoms with Gasteiger partial charge in [-0.25, -0.2) is 0 Å². The predicted molar refractivity (Wildman–Crippen MR) is 68.0 cm³/mol. The van der Waals surface area contributed by atoms with Gasteiger partial charge in [-0.2, -0.15) is 5.10 Å². The molecule has 92 valence electrons. The van der Waals surface area contributed by atoms with Crippen LogP contribution in [0.4, 0.5) is 0 Å². The molecule has 1 N–H and O–H groups in total. The lowest BCUT2D eigenvalue weighted by Gasteiger charge is -2.13. The van der Waals surface area contributed by atoms with E-state index in [-0.39, 0.29) is 6.04 Å². The van der Waals surface area contributed by atoms with Crippen LogP contribution in [0.25, 0.3) is 0 Å². The Morgan fingerprint density at radius 3 is 2.94 bits per heavy atom. The highest BCUT2D eigenvalue weighted by Crippen LogP contribution is 2.23. The molecule has 0 saturated carbocycles. The lowest BCUT2D eigenvalue weighted by Crippen LogP contribution is -2.19. The van der Waals surface area contributed by atoms with E-state index in [1.807, 2.05) is 31.0 Å². The number of nitrogens with zero attached hydrogens (tertiary/aromatic N) is 4. The molecular formula is C11H17N5S. The van der Waals surface area contributed by atoms with E-state index in [1.165, 1.54) is 16.4 Å². The minimum atomic E-state index is 0.250. The molecule has 2 aromatic heterocycles. The summed E-state index contributed by atoms with van der Waals surface area (Å²) < 4.78 is 5.86. The van der Waals surface area contributed by atoms with E-state index in [0.717, 1.165) is 24.2 Å². The van der Waals surface area contributed by atoms with E-state index in [1.54, 1.807) is 0 Å². The van der Waals surface area contributed by atoms with Crippen LogP contribution in [0.1, 0.15) is 29.2 Å². The van der Waals surface area contributed by atoms with Crippen molar-refractivity contribution >= 4 is 11.5 Å². The van der Waals surface area contributed by atoms with E-state index in [9.17, 15) is 0 Å². The largest absolute Gasteiger partial charge is 0.312 e. The molecule has 2 heterocycles. The van der Waals surface area contributed by atoms with Crippen molar-refractivity contribution in [1.29, 1.82) is 0 Å². The molecule has 0 saturated heterocycles. The molecule has 6 heteroatoms. The van der Waals surface area contributed by atoms with Crippen LogP contribution in [0.15, 0.2) is 12.3 Å². The molecule has 0 aliphatic carbocycles. The van der Waals surface area contributed by atoms with Gasteiger partial charge in [0.1, 0.15) is 0 Å². The van der Waals surface area contributed by atoms with Crippen molar-refractivity contribution in [1.82, 2.24) is 24.7 Å². The number of aryl methyl sites for hydroxylation is 2. The normalized spacial score (nSPS) is 12.9. The number of likely N-dealkylation sites (N-methyl/N-ethyl adjacent to an activating group) is 1. The number of hydrogen-bond donors (Lipinski definition) is 1. The third-order valence-electron chi connectivity index (χ3n) is 2.77. The molecule has 5 nitrogen and oxygen atoms in total. The number of rotatable bonds is 5. The average Bonchev–Trinajstić information content (AvgIpc) is 2.94. The fourth-order valence-corrected chi connectivity index (χ4v) is 2.68. The Balaban J connectivity index is 2.16. The summed E-state index contributed by atoms with van der Waals surface area (Å²) in [6.07, 6.45) is 3.76. The minimum Gasteiger partial charge on any atom is -0.312 e. The lowest BCUT2D eigenvalue weighted by molar-refractivity contribution is 0.580. The molecule has 2 rings (SSSR count). The smallest absolute Gasteiger partial charge is 0.0801 e. The highest BCUT2D eigenvalue weighted by Gasteiger charge is 2.18. The molecule has 0 amide bonds. The Hall–Kier alpha value is -1.27. The highest BCUT2D eigenvalue weighted by molar-refractivity contribution is 7.05. The Labute approximate surface area is 105 Å². The predicted octanol–water partition coefficient (Wildman–Crippen LogP) is 1.34. The zero-order valence-corrected chi connectivity index (χ0v) is 11.2. The molecule has 0 aromatic carbocycles. The van der Waals surface area contributed by atoms with Gasteiger partial charge in [0.15, 0.2) is 0 Å². The molecule has 17 heavy (non-hydrogen) atoms. The Bertz CT molecular complexity index is 476. The third-order valence-corrected chi connectivity index (χ3v) is 3.65. The first kappa shape index (κ1) is 12.2. The summed E-state index contributed by atoms with van der Waals surface area (Å²) in [5.41, 5.74) is 2.17. The molecule has 0 aliphatic heterocycles. The summed E-state index contributed by atoms with van der Waals surface area (Å²) in [5, 5.41) is 11.9. The highest BCUT2D eigenvalue weighted by atomic mass is 32.1. The van der Waals surface area contributed by atoms with Crippen LogP contribution in [0.5, 0.6) is 0 Å². The van der Waals surface area contributed by atoms with Crippen LogP contribution >= 0.6 is 11.5 Å². The van der Waals surface area contributed by atoms with Crippen molar-refractivity contribution in [2.24, 2.45) is 7.05 Å². The van der Waals surface area contributed by atoms with Gasteiger partial charge in [0.05, 0.1) is 22.3 Å². The van der Waals surface area contributed by atoms with E-state index in [0.29, 0.717) is 0 Å². The van der Waals surface area contributed by atoms with Crippen LogP contribution in [-0.4, -0.2) is 26.4 Å². The van der Waals surface area contributed by atoms with Crippen molar-refractivity contribution in [2.75, 3.05) is 7.05 Å². The maximum atomic E-state index is 4.40. The van der Waals surface area contributed by atoms with E-state index >= 15 is 0 Å². The molecule has 1 atom stereocenters. The first-order valence-corrected chi connectivity index (χ1v) is 6.48. The second kappa shape index (κ2) is 5.37. The minimum absolute atomic E-state index is 0.250. The van der Waals surface area contributed by atoms with Gasteiger partial charge in [-0.3, -0.25) is 4.68 Å². The molecule has 0 spiro atoms. The molecule has 0 bridgehead atoms. The number of hydrogen-bond acceptors (Lipinski definition) is 5. The Morgan fingerprint density at radius 2 is 2.35 bits per heavy atom. The maximum absolute atomic E-state index is 4.40. The van der Waals surface area contributed by atoms with Crippen molar-refractivity contribution in [3.63, 3.8) is 0 Å². The van der Waals surface area contributed by atoms with Gasteiger partial charge < -0.3 is 5.32 Å². The molecule has 0 aliphatic rings. The molecular weight excluding hydrogens is 234 g/mol. The van der Waals surface area contributed by atoms with Gasteiger partial charge in [-0.15, -0.1) is 5.10 Å². The summed E-state index contributed by atoms with van der Waals surface area (Å²) in [7, 11) is 3.90. The molecule has 2 aromatic rings. The molecule has 1 unspecified atom stereocenters. The van der Waals surface area contributed by atoms with Crippen LogP contribution < -0.4 is 5.32 Å². The standard InChI is InChI=1S/C11H17N5S/c1-4-9-11(17-15-13-9)10(12-2)7-8-5-6-16(3)14-8/h5-6,10,12H,4,7H2,1-3H3. The zero-order valence-electron chi connectivity index (χ0n) is 10.3. The second-order valence-corrected chi connectivity index (χ2v) is 4.75. The third kappa shape index (κ3) is 2.70. The van der Waals surface area contributed by atoms with Crippen molar-refractivity contribution in [2.45, 2.75) is 25.8 Å². The van der Waals surface area contributed by atoms with Crippen LogP contribution in [-0.2, 0) is 19.9 Å². The fraction of sp³-hybridized carbons (Fsp3) is 0.545. The van der Waals surface area contributed by atoms with Crippen LogP contribution in [0, 0.1) is 0 Å². The van der Waals surface area contributed by atoms with E-state index < -0.39 is 0 Å². The van der Waals surface area contributed by atoms with Crippen molar-refractivity contribution < 1.29 is 0 Å². The van der Waals surface area contributed by atoms with E-state index in [4.69, 9.17) is 0 Å². The Kier molecular flexibility index (Phi) is 3.86. The quantitative estimate of drug-likeness (QED) is 0.871. The summed E-state index contributed by atoms with van der Waals surface area (Å²) >= 11 is 1.47. The second-order valence-electron chi connectivity index (χ2n) is 3.96. The Morgan fingerprint density at radius 1 is 1.53 bits per heavy atom.